The summed E-state index contributed by atoms with van der Waals surface area (Å²) in [6.07, 6.45) is 0. The molecule has 0 aliphatic rings. The van der Waals surface area contributed by atoms with Crippen LogP contribution in [-0.2, 0) is 0 Å². The monoisotopic (exact) mass is 252 g/mol. The van der Waals surface area contributed by atoms with Crippen molar-refractivity contribution in [3.05, 3.63) is 15.3 Å². The molecule has 1 rings (SSSR count). The zero-order chi connectivity index (χ0) is 10.2. The molecule has 1 heterocycles. The van der Waals surface area contributed by atoms with Crippen LogP contribution in [0.25, 0.3) is 0 Å². The van der Waals surface area contributed by atoms with Gasteiger partial charge in [0.05, 0.1) is 17.3 Å². The molecule has 0 amide bonds. The van der Waals surface area contributed by atoms with Gasteiger partial charge in [-0.25, -0.2) is 0 Å². The van der Waals surface area contributed by atoms with E-state index in [-0.39, 0.29) is 0 Å². The van der Waals surface area contributed by atoms with Crippen LogP contribution >= 0.6 is 34.5 Å². The summed E-state index contributed by atoms with van der Waals surface area (Å²) in [4.78, 5) is 11.7. The molecule has 1 nitrogen and oxygen atoms in total. The highest BCUT2D eigenvalue weighted by molar-refractivity contribution is 7.21. The van der Waals surface area contributed by atoms with Crippen molar-refractivity contribution in [3.63, 3.8) is 0 Å². The van der Waals surface area contributed by atoms with Crippen molar-refractivity contribution in [3.8, 4) is 0 Å². The van der Waals surface area contributed by atoms with Crippen LogP contribution in [0.1, 0.15) is 9.67 Å². The topological polar surface area (TPSA) is 17.1 Å². The van der Waals surface area contributed by atoms with Gasteiger partial charge in [0, 0.05) is 0 Å². The number of carbonyl (C=O) groups excluding carboxylic acids is 1. The summed E-state index contributed by atoms with van der Waals surface area (Å²) in [6, 6.07) is 1.87. The summed E-state index contributed by atoms with van der Waals surface area (Å²) in [5, 5.41) is 0.664. The number of thiophene rings is 1. The van der Waals surface area contributed by atoms with Crippen molar-refractivity contribution in [1.29, 1.82) is 0 Å². The van der Waals surface area contributed by atoms with Crippen LogP contribution in [0.15, 0.2) is 6.07 Å². The van der Waals surface area contributed by atoms with E-state index in [1.165, 1.54) is 11.3 Å². The molecule has 13 heavy (non-hydrogen) atoms. The fourth-order valence-corrected chi connectivity index (χ4v) is 4.96. The molecule has 0 saturated carbocycles. The van der Waals surface area contributed by atoms with E-state index in [0.29, 0.717) is 9.21 Å². The molecule has 0 radical (unpaired) electrons. The van der Waals surface area contributed by atoms with Crippen molar-refractivity contribution in [2.24, 2.45) is 0 Å². The quantitative estimate of drug-likeness (QED) is 0.583. The van der Waals surface area contributed by atoms with E-state index < -0.39 is 13.3 Å². The third-order valence-electron chi connectivity index (χ3n) is 1.69. The SMILES string of the molecule is C[Si](C)(C)c1cc(Cl)sc1C(=O)Cl. The maximum atomic E-state index is 11.1. The molecule has 0 aliphatic heterocycles. The van der Waals surface area contributed by atoms with Crippen molar-refractivity contribution in [2.45, 2.75) is 19.6 Å². The van der Waals surface area contributed by atoms with Gasteiger partial charge in [-0.3, -0.25) is 4.79 Å². The maximum Gasteiger partial charge on any atom is 0.262 e. The zero-order valence-corrected chi connectivity index (χ0v) is 11.0. The first-order valence-corrected chi connectivity index (χ1v) is 8.89. The smallest absolute Gasteiger partial charge is 0.262 e. The predicted molar refractivity (Wildman–Crippen MR) is 62.5 cm³/mol. The minimum atomic E-state index is -1.50. The van der Waals surface area contributed by atoms with E-state index >= 15 is 0 Å². The Bertz CT molecular complexity index is 340. The van der Waals surface area contributed by atoms with Crippen LogP contribution in [0.4, 0.5) is 0 Å². The number of halogens is 2. The van der Waals surface area contributed by atoms with Crippen LogP contribution < -0.4 is 5.19 Å². The first kappa shape index (κ1) is 11.2. The second-order valence-corrected chi connectivity index (χ2v) is 10.9. The Morgan fingerprint density at radius 3 is 2.31 bits per heavy atom. The largest absolute Gasteiger partial charge is 0.275 e. The van der Waals surface area contributed by atoms with Gasteiger partial charge < -0.3 is 0 Å². The Morgan fingerprint density at radius 1 is 1.46 bits per heavy atom. The van der Waals surface area contributed by atoms with Crippen LogP contribution in [0.5, 0.6) is 0 Å². The summed E-state index contributed by atoms with van der Waals surface area (Å²) in [5.74, 6) is 0. The van der Waals surface area contributed by atoms with E-state index in [2.05, 4.69) is 19.6 Å². The zero-order valence-electron chi connectivity index (χ0n) is 7.65. The van der Waals surface area contributed by atoms with Crippen molar-refractivity contribution < 1.29 is 4.79 Å². The fourth-order valence-electron chi connectivity index (χ4n) is 1.06. The fraction of sp³-hybridized carbons (Fsp3) is 0.375. The molecule has 1 aromatic heterocycles. The van der Waals surface area contributed by atoms with Crippen LogP contribution in [0.2, 0.25) is 24.0 Å². The number of hydrogen-bond donors (Lipinski definition) is 0. The number of carbonyl (C=O) groups is 1. The molecule has 0 saturated heterocycles. The number of hydrogen-bond acceptors (Lipinski definition) is 2. The Kier molecular flexibility index (Phi) is 3.23. The van der Waals surface area contributed by atoms with Crippen molar-refractivity contribution in [1.82, 2.24) is 0 Å². The molecule has 0 bridgehead atoms. The first-order chi connectivity index (χ1) is 5.82. The van der Waals surface area contributed by atoms with Gasteiger partial charge in [-0.1, -0.05) is 31.2 Å². The molecule has 0 unspecified atom stereocenters. The van der Waals surface area contributed by atoms with Gasteiger partial charge in [-0.2, -0.15) is 0 Å². The molecular weight excluding hydrogens is 243 g/mol. The summed E-state index contributed by atoms with van der Waals surface area (Å²) in [5.41, 5.74) is 0. The van der Waals surface area contributed by atoms with Crippen LogP contribution in [0, 0.1) is 0 Å². The number of rotatable bonds is 2. The van der Waals surface area contributed by atoms with Gasteiger partial charge in [0.15, 0.2) is 0 Å². The lowest BCUT2D eigenvalue weighted by Crippen LogP contribution is -2.39. The van der Waals surface area contributed by atoms with Crippen LogP contribution in [0.3, 0.4) is 0 Å². The third-order valence-corrected chi connectivity index (χ3v) is 5.44. The Labute approximate surface area is 92.7 Å². The highest BCUT2D eigenvalue weighted by Gasteiger charge is 2.25. The molecule has 0 aliphatic carbocycles. The summed E-state index contributed by atoms with van der Waals surface area (Å²) in [7, 11) is -1.50. The summed E-state index contributed by atoms with van der Waals surface area (Å²) < 4.78 is 0.640. The molecular formula is C8H10Cl2OSSi. The van der Waals surface area contributed by atoms with E-state index in [9.17, 15) is 4.79 Å². The van der Waals surface area contributed by atoms with E-state index in [1.807, 2.05) is 6.07 Å². The lowest BCUT2D eigenvalue weighted by Gasteiger charge is -2.15. The lowest BCUT2D eigenvalue weighted by molar-refractivity contribution is 0.108. The van der Waals surface area contributed by atoms with E-state index in [4.69, 9.17) is 23.2 Å². The van der Waals surface area contributed by atoms with Crippen molar-refractivity contribution >= 4 is 53.0 Å². The summed E-state index contributed by atoms with van der Waals surface area (Å²) in [6.45, 7) is 6.48. The van der Waals surface area contributed by atoms with Gasteiger partial charge in [-0.15, -0.1) is 11.3 Å². The Morgan fingerprint density at radius 2 is 2.00 bits per heavy atom. The first-order valence-electron chi connectivity index (χ1n) is 3.82. The highest BCUT2D eigenvalue weighted by atomic mass is 35.5. The van der Waals surface area contributed by atoms with E-state index in [1.54, 1.807) is 0 Å². The lowest BCUT2D eigenvalue weighted by atomic mass is 10.5. The molecule has 1 aromatic rings. The molecule has 0 spiro atoms. The van der Waals surface area contributed by atoms with Gasteiger partial charge in [0.25, 0.3) is 5.24 Å². The Balaban J connectivity index is 3.28. The molecule has 0 N–H and O–H groups in total. The molecule has 72 valence electrons. The van der Waals surface area contributed by atoms with Gasteiger partial charge in [0.2, 0.25) is 0 Å². The third kappa shape index (κ3) is 2.56. The van der Waals surface area contributed by atoms with Crippen molar-refractivity contribution in [2.75, 3.05) is 0 Å². The second kappa shape index (κ2) is 3.73. The van der Waals surface area contributed by atoms with Gasteiger partial charge in [0.1, 0.15) is 0 Å². The average molecular weight is 253 g/mol. The average Bonchev–Trinajstić information content (AvgIpc) is 2.29. The van der Waals surface area contributed by atoms with E-state index in [0.717, 1.165) is 5.19 Å². The van der Waals surface area contributed by atoms with Crippen LogP contribution in [-0.4, -0.2) is 13.3 Å². The van der Waals surface area contributed by atoms with Gasteiger partial charge >= 0.3 is 0 Å². The minimum Gasteiger partial charge on any atom is -0.275 e. The minimum absolute atomic E-state index is 0.394. The highest BCUT2D eigenvalue weighted by Crippen LogP contribution is 2.24. The second-order valence-electron chi connectivity index (χ2n) is 3.82. The predicted octanol–water partition coefficient (Wildman–Crippen LogP) is 3.33. The molecule has 0 fully saturated rings. The molecule has 0 atom stereocenters. The normalized spacial score (nSPS) is 11.8. The standard InChI is InChI=1S/C8H10Cl2OSSi/c1-13(2,3)5-4-6(9)12-7(5)8(10)11/h4H,1-3H3. The summed E-state index contributed by atoms with van der Waals surface area (Å²) >= 11 is 12.6. The molecule has 0 aromatic carbocycles. The van der Waals surface area contributed by atoms with Gasteiger partial charge in [-0.05, 0) is 22.9 Å². The molecule has 5 heteroatoms. The maximum absolute atomic E-state index is 11.1. The Hall–Kier alpha value is 0.167.